The Balaban J connectivity index is 0. The predicted octanol–water partition coefficient (Wildman–Crippen LogP) is -2.83. The van der Waals surface area contributed by atoms with E-state index in [-0.39, 0.29) is 49.5 Å². The number of aromatic hydroxyl groups is 9. The van der Waals surface area contributed by atoms with Crippen LogP contribution in [-0.4, -0.2) is 74.1 Å². The first-order valence-corrected chi connectivity index (χ1v) is 8.99. The zero-order chi connectivity index (χ0) is 27.9. The van der Waals surface area contributed by atoms with E-state index in [2.05, 4.69) is 0 Å². The van der Waals surface area contributed by atoms with Crippen LogP contribution in [0.4, 0.5) is 0 Å². The Morgan fingerprint density at radius 2 is 0.658 bits per heavy atom. The molecule has 15 nitrogen and oxygen atoms in total. The maximum absolute atomic E-state index is 10.3. The molecule has 0 heterocycles. The average molecular weight is 582 g/mol. The molecular weight excluding hydrogens is 565 g/mol. The predicted molar refractivity (Wildman–Crippen MR) is 113 cm³/mol. The van der Waals surface area contributed by atoms with Gasteiger partial charge in [0.15, 0.2) is 51.7 Å². The van der Waals surface area contributed by atoms with E-state index in [1.54, 1.807) is 0 Å². The second-order valence-corrected chi connectivity index (χ2v) is 6.49. The summed E-state index contributed by atoms with van der Waals surface area (Å²) in [7, 11) is 0. The van der Waals surface area contributed by atoms with Crippen LogP contribution in [0.15, 0.2) is 36.4 Å². The van der Waals surface area contributed by atoms with Gasteiger partial charge in [0.05, 0.1) is 17.1 Å². The summed E-state index contributed by atoms with van der Waals surface area (Å²) in [5, 5.41) is 107. The van der Waals surface area contributed by atoms with Crippen molar-refractivity contribution in [2.45, 2.75) is 0 Å². The number of carbonyl (C=O) groups is 3. The Bertz CT molecular complexity index is 1100. The molecule has 0 saturated carbocycles. The van der Waals surface area contributed by atoms with Gasteiger partial charge in [0.1, 0.15) is 0 Å². The van der Waals surface area contributed by atoms with Crippen LogP contribution in [-0.2, 0) is 19.5 Å². The standard InChI is InChI=1S/3C7H6O5.Li.Zn/c3*8-4-1-3(7(11)12)2-5(9)6(4)10;;/h3*1-2,8-10H,(H,11,12);;/q;;;+1;/p-1. The van der Waals surface area contributed by atoms with Crippen LogP contribution in [0, 0.1) is 0 Å². The summed E-state index contributed by atoms with van der Waals surface area (Å²) < 4.78 is 0. The molecule has 11 N–H and O–H groups in total. The zero-order valence-electron chi connectivity index (χ0n) is 19.2. The molecule has 194 valence electrons. The molecule has 0 aliphatic heterocycles. The van der Waals surface area contributed by atoms with Crippen LogP contribution in [0.25, 0.3) is 0 Å². The molecule has 0 amide bonds. The van der Waals surface area contributed by atoms with Crippen LogP contribution >= 0.6 is 0 Å². The summed E-state index contributed by atoms with van der Waals surface area (Å²) in [6.07, 6.45) is 0. The number of phenols is 9. The molecular formula is C21H17LiO15Zn. The van der Waals surface area contributed by atoms with E-state index >= 15 is 0 Å². The molecule has 0 unspecified atom stereocenters. The maximum Gasteiger partial charge on any atom is 1.00 e. The summed E-state index contributed by atoms with van der Waals surface area (Å²) in [6.45, 7) is 0. The van der Waals surface area contributed by atoms with Crippen LogP contribution in [0.2, 0.25) is 0 Å². The number of aromatic carboxylic acids is 3. The third-order valence-corrected chi connectivity index (χ3v) is 3.94. The minimum atomic E-state index is -1.54. The first-order valence-electron chi connectivity index (χ1n) is 8.99. The Labute approximate surface area is 236 Å². The molecule has 0 aliphatic rings. The average Bonchev–Trinajstić information content (AvgIpc) is 2.79. The van der Waals surface area contributed by atoms with Gasteiger partial charge in [-0.2, -0.15) is 0 Å². The summed E-state index contributed by atoms with van der Waals surface area (Å²) in [4.78, 5) is 30.8. The molecule has 0 fully saturated rings. The number of hydrogen-bond acceptors (Lipinski definition) is 13. The SMILES string of the molecule is O=C(O)c1cc(O)c(O)c(O)c1.O=C(O)c1cc(O)c(O)c(O)c1.O=C([O-])c1cc(O)c(O)c(O)c1.[Li+].[Zn]. The van der Waals surface area contributed by atoms with Crippen molar-refractivity contribution in [3.05, 3.63) is 53.1 Å². The van der Waals surface area contributed by atoms with Gasteiger partial charge in [-0.3, -0.25) is 0 Å². The van der Waals surface area contributed by atoms with E-state index in [4.69, 9.17) is 56.2 Å². The van der Waals surface area contributed by atoms with Crippen molar-refractivity contribution in [2.75, 3.05) is 0 Å². The van der Waals surface area contributed by atoms with Gasteiger partial charge in [0, 0.05) is 25.0 Å². The summed E-state index contributed by atoms with van der Waals surface area (Å²) >= 11 is 0. The fraction of sp³-hybridized carbons (Fsp3) is 0. The quantitative estimate of drug-likeness (QED) is 0.110. The fourth-order valence-corrected chi connectivity index (χ4v) is 2.18. The second kappa shape index (κ2) is 14.9. The molecule has 3 aromatic rings. The van der Waals surface area contributed by atoms with Crippen molar-refractivity contribution >= 4 is 17.9 Å². The van der Waals surface area contributed by atoms with Gasteiger partial charge in [-0.25, -0.2) is 9.59 Å². The van der Waals surface area contributed by atoms with Crippen LogP contribution in [0.5, 0.6) is 51.7 Å². The molecule has 17 heteroatoms. The molecule has 0 spiro atoms. The van der Waals surface area contributed by atoms with E-state index < -0.39 is 75.2 Å². The van der Waals surface area contributed by atoms with Crippen molar-refractivity contribution < 1.29 is 114 Å². The fourth-order valence-electron chi connectivity index (χ4n) is 2.18. The van der Waals surface area contributed by atoms with E-state index in [1.807, 2.05) is 0 Å². The number of carbonyl (C=O) groups excluding carboxylic acids is 1. The minimum absolute atomic E-state index is 0. The Kier molecular flexibility index (Phi) is 14.0. The number of benzene rings is 3. The number of carboxylic acid groups (broad SMARTS) is 3. The number of hydrogen-bond donors (Lipinski definition) is 11. The van der Waals surface area contributed by atoms with Gasteiger partial charge >= 0.3 is 30.8 Å². The van der Waals surface area contributed by atoms with Crippen molar-refractivity contribution in [2.24, 2.45) is 0 Å². The molecule has 0 radical (unpaired) electrons. The topological polar surface area (TPSA) is 297 Å². The van der Waals surface area contributed by atoms with Gasteiger partial charge in [0.25, 0.3) is 0 Å². The van der Waals surface area contributed by atoms with E-state index in [0.29, 0.717) is 0 Å². The first kappa shape index (κ1) is 35.7. The van der Waals surface area contributed by atoms with Gasteiger partial charge < -0.3 is 66.1 Å². The maximum atomic E-state index is 10.3. The molecule has 3 rings (SSSR count). The van der Waals surface area contributed by atoms with E-state index in [9.17, 15) is 19.5 Å². The van der Waals surface area contributed by atoms with Gasteiger partial charge in [-0.15, -0.1) is 0 Å². The van der Waals surface area contributed by atoms with Gasteiger partial charge in [-0.1, -0.05) is 0 Å². The minimum Gasteiger partial charge on any atom is -0.545 e. The molecule has 0 saturated heterocycles. The molecule has 0 bridgehead atoms. The van der Waals surface area contributed by atoms with Crippen molar-refractivity contribution in [1.82, 2.24) is 0 Å². The number of phenolic OH excluding ortho intramolecular Hbond substituents is 9. The third kappa shape index (κ3) is 9.51. The summed E-state index contributed by atoms with van der Waals surface area (Å²) in [6, 6.07) is 4.94. The number of carboxylic acids is 3. The van der Waals surface area contributed by atoms with Gasteiger partial charge in [-0.05, 0) is 36.4 Å². The zero-order valence-corrected chi connectivity index (χ0v) is 22.2. The second-order valence-electron chi connectivity index (χ2n) is 6.49. The normalized spacial score (nSPS) is 9.16. The smallest absolute Gasteiger partial charge is 0.545 e. The Hall–Kier alpha value is -4.51. The molecule has 0 aromatic heterocycles. The molecule has 38 heavy (non-hydrogen) atoms. The first-order chi connectivity index (χ1) is 16.6. The van der Waals surface area contributed by atoms with Gasteiger partial charge in [0.2, 0.25) is 0 Å². The van der Waals surface area contributed by atoms with Crippen LogP contribution in [0.1, 0.15) is 31.1 Å². The van der Waals surface area contributed by atoms with Crippen molar-refractivity contribution in [3.63, 3.8) is 0 Å². The Morgan fingerprint density at radius 3 is 0.816 bits per heavy atom. The van der Waals surface area contributed by atoms with E-state index in [0.717, 1.165) is 36.4 Å². The number of rotatable bonds is 3. The Morgan fingerprint density at radius 1 is 0.474 bits per heavy atom. The molecule has 3 aromatic carbocycles. The largest absolute Gasteiger partial charge is 1.00 e. The van der Waals surface area contributed by atoms with Crippen LogP contribution < -0.4 is 24.0 Å². The van der Waals surface area contributed by atoms with Crippen LogP contribution in [0.3, 0.4) is 0 Å². The summed E-state index contributed by atoms with van der Waals surface area (Å²) in [5.74, 6) is -10.4. The monoisotopic (exact) mass is 580 g/mol. The molecule has 0 atom stereocenters. The molecule has 0 aliphatic carbocycles. The van der Waals surface area contributed by atoms with E-state index in [1.165, 1.54) is 0 Å². The summed E-state index contributed by atoms with van der Waals surface area (Å²) in [5.41, 5.74) is -0.978. The van der Waals surface area contributed by atoms with Crippen molar-refractivity contribution in [1.29, 1.82) is 0 Å². The van der Waals surface area contributed by atoms with Crippen molar-refractivity contribution in [3.8, 4) is 51.7 Å². The third-order valence-electron chi connectivity index (χ3n) is 3.94.